The van der Waals surface area contributed by atoms with Gasteiger partial charge < -0.3 is 10.6 Å². The molecule has 0 atom stereocenters. The number of rotatable bonds is 8. The van der Waals surface area contributed by atoms with Crippen LogP contribution >= 0.6 is 11.6 Å². The van der Waals surface area contributed by atoms with E-state index < -0.39 is 10.9 Å². The zero-order valence-electron chi connectivity index (χ0n) is 17.4. The molecule has 0 aliphatic carbocycles. The van der Waals surface area contributed by atoms with Gasteiger partial charge in [0, 0.05) is 24.7 Å². The highest BCUT2D eigenvalue weighted by Gasteiger charge is 2.13. The summed E-state index contributed by atoms with van der Waals surface area (Å²) < 4.78 is 23.8. The normalized spacial score (nSPS) is 11.4. The van der Waals surface area contributed by atoms with Crippen molar-refractivity contribution in [3.8, 4) is 0 Å². The van der Waals surface area contributed by atoms with E-state index in [4.69, 9.17) is 11.6 Å². The second kappa shape index (κ2) is 10.6. The highest BCUT2D eigenvalue weighted by molar-refractivity contribution is 7.70. The van der Waals surface area contributed by atoms with E-state index in [1.165, 1.54) is 5.56 Å². The van der Waals surface area contributed by atoms with Crippen molar-refractivity contribution in [2.24, 2.45) is 0 Å². The third-order valence-corrected chi connectivity index (χ3v) is 5.41. The van der Waals surface area contributed by atoms with Crippen molar-refractivity contribution in [2.45, 2.75) is 45.8 Å². The molecule has 0 fully saturated rings. The van der Waals surface area contributed by atoms with Crippen molar-refractivity contribution in [3.05, 3.63) is 75.8 Å². The summed E-state index contributed by atoms with van der Waals surface area (Å²) in [5, 5.41) is 6.06. The van der Waals surface area contributed by atoms with Gasteiger partial charge in [0.15, 0.2) is 0 Å². The van der Waals surface area contributed by atoms with Gasteiger partial charge in [0.25, 0.3) is 0 Å². The minimum atomic E-state index is -2.70. The molecule has 3 N–H and O–H groups in total. The van der Waals surface area contributed by atoms with E-state index in [1.807, 2.05) is 12.1 Å². The Morgan fingerprint density at radius 3 is 2.23 bits per heavy atom. The second-order valence-electron chi connectivity index (χ2n) is 7.92. The van der Waals surface area contributed by atoms with Gasteiger partial charge in [0.2, 0.25) is 10.9 Å². The molecule has 6 nitrogen and oxygen atoms in total. The van der Waals surface area contributed by atoms with Gasteiger partial charge >= 0.3 is 6.03 Å². The molecule has 2 amide bonds. The average Bonchev–Trinajstić information content (AvgIpc) is 2.69. The number of nitrogens with one attached hydrogen (secondary N) is 3. The lowest BCUT2D eigenvalue weighted by atomic mass is 9.87. The summed E-state index contributed by atoms with van der Waals surface area (Å²) >= 11 is 6.30. The monoisotopic (exact) mass is 449 g/mol. The molecule has 0 aliphatic rings. The molecule has 162 valence electrons. The Hall–Kier alpha value is -2.35. The van der Waals surface area contributed by atoms with Crippen LogP contribution in [-0.4, -0.2) is 14.4 Å². The number of hydrogen-bond acceptors (Lipinski definition) is 3. The van der Waals surface area contributed by atoms with E-state index in [0.29, 0.717) is 22.7 Å². The van der Waals surface area contributed by atoms with Crippen LogP contribution in [-0.2, 0) is 35.9 Å². The van der Waals surface area contributed by atoms with Crippen LogP contribution < -0.4 is 15.4 Å². The highest BCUT2D eigenvalue weighted by Crippen LogP contribution is 2.23. The first kappa shape index (κ1) is 23.9. The number of hydrogen-bond donors (Lipinski definition) is 4. The first-order valence-electron chi connectivity index (χ1n) is 9.53. The Morgan fingerprint density at radius 1 is 1.03 bits per heavy atom. The maximum Gasteiger partial charge on any atom is 0.315 e. The zero-order valence-corrected chi connectivity index (χ0v) is 19.1. The zero-order chi connectivity index (χ0) is 22.3. The number of benzene rings is 2. The number of amides is 2. The first-order valence-corrected chi connectivity index (χ1v) is 11.1. The van der Waals surface area contributed by atoms with E-state index in [9.17, 15) is 13.2 Å². The van der Waals surface area contributed by atoms with Crippen LogP contribution in [0.15, 0.2) is 43.0 Å². The maximum absolute atomic E-state index is 12.2. The van der Waals surface area contributed by atoms with Crippen molar-refractivity contribution in [2.75, 3.05) is 0 Å². The summed E-state index contributed by atoms with van der Waals surface area (Å²) in [6.45, 7) is 11.0. The van der Waals surface area contributed by atoms with Crippen LogP contribution in [0.5, 0.6) is 0 Å². The van der Waals surface area contributed by atoms with Crippen LogP contribution in [0.1, 0.15) is 48.6 Å². The van der Waals surface area contributed by atoms with Crippen LogP contribution in [0.4, 0.5) is 4.79 Å². The van der Waals surface area contributed by atoms with Crippen LogP contribution in [0.3, 0.4) is 0 Å². The Labute approximate surface area is 184 Å². The van der Waals surface area contributed by atoms with Gasteiger partial charge in [-0.1, -0.05) is 69.3 Å². The van der Waals surface area contributed by atoms with Gasteiger partial charge in [-0.05, 0) is 45.4 Å². The van der Waals surface area contributed by atoms with E-state index in [-0.39, 0.29) is 24.5 Å². The van der Waals surface area contributed by atoms with Crippen molar-refractivity contribution >= 4 is 34.6 Å². The third kappa shape index (κ3) is 7.16. The quantitative estimate of drug-likeness (QED) is 0.461. The molecule has 8 heteroatoms. The van der Waals surface area contributed by atoms with Crippen LogP contribution in [0.2, 0.25) is 5.02 Å². The summed E-state index contributed by atoms with van der Waals surface area (Å²) in [4.78, 5) is 12.2. The molecule has 2 rings (SSSR count). The minimum Gasteiger partial charge on any atom is -0.334 e. The molecule has 0 unspecified atom stereocenters. The van der Waals surface area contributed by atoms with Crippen molar-refractivity contribution in [1.82, 2.24) is 15.4 Å². The SMILES string of the molecule is C=Cc1cc(CNC(=O)NCc2ccc(C(C)(C)C)cc2)c(Cl)cc1CN[SH](=O)=O. The fourth-order valence-electron chi connectivity index (χ4n) is 2.85. The molecule has 0 aromatic heterocycles. The lowest BCUT2D eigenvalue weighted by molar-refractivity contribution is 0.240. The fourth-order valence-corrected chi connectivity index (χ4v) is 3.40. The molecular weight excluding hydrogens is 422 g/mol. The number of carbonyl (C=O) groups excluding carboxylic acids is 1. The summed E-state index contributed by atoms with van der Waals surface area (Å²) in [5.41, 5.74) is 4.51. The predicted molar refractivity (Wildman–Crippen MR) is 123 cm³/mol. The van der Waals surface area contributed by atoms with Gasteiger partial charge in [-0.2, -0.15) is 0 Å². The summed E-state index contributed by atoms with van der Waals surface area (Å²) in [6, 6.07) is 11.3. The van der Waals surface area contributed by atoms with Crippen molar-refractivity contribution in [1.29, 1.82) is 0 Å². The minimum absolute atomic E-state index is 0.0884. The number of carbonyl (C=O) groups is 1. The Morgan fingerprint density at radius 2 is 1.67 bits per heavy atom. The Kier molecular flexibility index (Phi) is 8.46. The van der Waals surface area contributed by atoms with Crippen molar-refractivity contribution in [3.63, 3.8) is 0 Å². The average molecular weight is 450 g/mol. The highest BCUT2D eigenvalue weighted by atomic mass is 35.5. The standard InChI is InChI=1S/C22H28ClN3O3S/c1-5-16-10-18(20(23)11-17(16)14-26-30(28)29)13-25-21(27)24-12-15-6-8-19(9-7-15)22(2,3)4/h5-11,30H,1,12-14H2,2-4H3,(H2,24,25,27)(H,26,28,29). The summed E-state index contributed by atoms with van der Waals surface area (Å²) in [7, 11) is -2.70. The molecule has 2 aromatic rings. The molecule has 0 bridgehead atoms. The predicted octanol–water partition coefficient (Wildman–Crippen LogP) is 3.90. The Bertz CT molecular complexity index is 972. The summed E-state index contributed by atoms with van der Waals surface area (Å²) in [6.07, 6.45) is 1.62. The summed E-state index contributed by atoms with van der Waals surface area (Å²) in [5.74, 6) is 0. The van der Waals surface area contributed by atoms with E-state index in [2.05, 4.69) is 54.8 Å². The van der Waals surface area contributed by atoms with E-state index >= 15 is 0 Å². The lowest BCUT2D eigenvalue weighted by Crippen LogP contribution is -2.34. The van der Waals surface area contributed by atoms with Crippen molar-refractivity contribution < 1.29 is 13.2 Å². The van der Waals surface area contributed by atoms with Gasteiger partial charge in [0.1, 0.15) is 0 Å². The number of urea groups is 1. The molecular formula is C22H28ClN3O3S. The van der Waals surface area contributed by atoms with Gasteiger partial charge in [-0.25, -0.2) is 17.9 Å². The number of thiol groups is 1. The van der Waals surface area contributed by atoms with Gasteiger partial charge in [-0.3, -0.25) is 0 Å². The van der Waals surface area contributed by atoms with Gasteiger partial charge in [-0.15, -0.1) is 0 Å². The largest absolute Gasteiger partial charge is 0.334 e. The molecule has 2 aromatic carbocycles. The smallest absolute Gasteiger partial charge is 0.315 e. The van der Waals surface area contributed by atoms with Crippen LogP contribution in [0.25, 0.3) is 6.08 Å². The molecule has 0 aliphatic heterocycles. The van der Waals surface area contributed by atoms with E-state index in [1.54, 1.807) is 18.2 Å². The molecule has 0 spiro atoms. The first-order chi connectivity index (χ1) is 14.1. The third-order valence-electron chi connectivity index (χ3n) is 4.64. The Balaban J connectivity index is 1.93. The van der Waals surface area contributed by atoms with Gasteiger partial charge in [0.05, 0.1) is 0 Å². The molecule has 0 saturated carbocycles. The molecule has 0 saturated heterocycles. The van der Waals surface area contributed by atoms with E-state index in [0.717, 1.165) is 11.1 Å². The maximum atomic E-state index is 12.2. The lowest BCUT2D eigenvalue weighted by Gasteiger charge is -2.19. The second-order valence-corrected chi connectivity index (χ2v) is 9.16. The number of halogens is 1. The topological polar surface area (TPSA) is 87.3 Å². The van der Waals surface area contributed by atoms with Crippen LogP contribution in [0, 0.1) is 0 Å². The molecule has 0 heterocycles. The fraction of sp³-hybridized carbons (Fsp3) is 0.318. The molecule has 0 radical (unpaired) electrons. The molecule has 30 heavy (non-hydrogen) atoms.